The predicted molar refractivity (Wildman–Crippen MR) is 550 cm³/mol. The Hall–Kier alpha value is -8.44. The number of hydrogen-bond acceptors (Lipinski definition) is 10. The van der Waals surface area contributed by atoms with Gasteiger partial charge in [-0.15, -0.1) is 12.6 Å². The number of benzene rings is 9. The number of carboxylic acid groups (broad SMARTS) is 3. The number of aliphatic carboxylic acids is 3. The van der Waals surface area contributed by atoms with Crippen LogP contribution in [-0.4, -0.2) is 86.7 Å². The van der Waals surface area contributed by atoms with Crippen LogP contribution in [0.4, 0.5) is 52.7 Å². The van der Waals surface area contributed by atoms with Crippen LogP contribution in [0.25, 0.3) is 0 Å². The molecule has 3 aliphatic rings. The van der Waals surface area contributed by atoms with E-state index in [0.29, 0.717) is 88.1 Å². The van der Waals surface area contributed by atoms with Crippen molar-refractivity contribution in [3.63, 3.8) is 0 Å². The van der Waals surface area contributed by atoms with Crippen molar-refractivity contribution in [1.82, 2.24) is 4.90 Å². The minimum Gasteiger partial charge on any atom is -0.481 e. The molecule has 9 aromatic rings. The number of hydrogen-bond donors (Lipinski definition) is 4. The van der Waals surface area contributed by atoms with Gasteiger partial charge in [0.25, 0.3) is 11.9 Å². The number of carbonyl (C=O) groups excluding carboxylic acids is 3. The van der Waals surface area contributed by atoms with E-state index >= 15 is 0 Å². The number of ether oxygens (including phenoxy) is 2. The molecule has 3 aliphatic carbocycles. The summed E-state index contributed by atoms with van der Waals surface area (Å²) < 4.78 is 169. The Balaban J connectivity index is -0.000000750. The number of nitrogens with zero attached hydrogens (tertiary/aromatic N) is 1. The molecular weight excluding hydrogens is 2080 g/mol. The van der Waals surface area contributed by atoms with Crippen molar-refractivity contribution in [2.75, 3.05) is 19.6 Å². The number of Topliss-reactive ketones (excluding diaryl/α,β-unsaturated/α-hetero) is 1. The zero-order valence-electron chi connectivity index (χ0n) is 82.3. The third kappa shape index (κ3) is 60.5. The van der Waals surface area contributed by atoms with Crippen molar-refractivity contribution in [1.29, 1.82) is 0 Å². The van der Waals surface area contributed by atoms with E-state index in [1.165, 1.54) is 107 Å². The molecule has 0 aromatic heterocycles. The number of halogens is 16. The molecular formula is C111H140BrCl3F12LiNO11PdS. The Kier molecular flexibility index (Phi) is 75.0. The Morgan fingerprint density at radius 3 is 1.33 bits per heavy atom. The maximum absolute atomic E-state index is 14.3. The number of aryl methyl sites for hydroxylation is 1. The Bertz CT molecular complexity index is 5170. The fourth-order valence-electron chi connectivity index (χ4n) is 13.7. The van der Waals surface area contributed by atoms with Crippen molar-refractivity contribution in [2.24, 2.45) is 0 Å². The van der Waals surface area contributed by atoms with E-state index in [0.717, 1.165) is 140 Å². The first kappa shape index (κ1) is 140. The minimum absolute atomic E-state index is 0. The second kappa shape index (κ2) is 76.2. The fourth-order valence-corrected chi connectivity index (χ4v) is 14.6. The minimum atomic E-state index is -0.929. The van der Waals surface area contributed by atoms with E-state index in [4.69, 9.17) is 69.2 Å². The summed E-state index contributed by atoms with van der Waals surface area (Å²) in [5.41, 5.74) is 4.12. The number of carboxylic acids is 3. The zero-order valence-corrected chi connectivity index (χ0v) is 88.6. The molecule has 0 aliphatic heterocycles. The van der Waals surface area contributed by atoms with Crippen LogP contribution < -0.4 is 18.9 Å². The van der Waals surface area contributed by atoms with Crippen LogP contribution in [0.3, 0.4) is 0 Å². The number of unbranched alkanes of at least 4 members (excludes halogenated alkanes) is 4. The average Bonchev–Trinajstić information content (AvgIpc) is 0.758. The molecule has 0 radical (unpaired) electrons. The van der Waals surface area contributed by atoms with E-state index in [1.54, 1.807) is 20.8 Å². The first-order valence-electron chi connectivity index (χ1n) is 45.6. The molecule has 0 amide bonds. The van der Waals surface area contributed by atoms with Crippen LogP contribution >= 0.6 is 63.4 Å². The van der Waals surface area contributed by atoms with Crippen molar-refractivity contribution < 1.29 is 146 Å². The summed E-state index contributed by atoms with van der Waals surface area (Å²) in [4.78, 5) is 64.8. The molecule has 3 N–H and O–H groups in total. The molecule has 142 heavy (non-hydrogen) atoms. The average molecular weight is 2220 g/mol. The maximum atomic E-state index is 14.3. The van der Waals surface area contributed by atoms with Gasteiger partial charge < -0.3 is 36.6 Å². The van der Waals surface area contributed by atoms with E-state index in [2.05, 4.69) is 74.7 Å². The number of thiol groups is 1. The van der Waals surface area contributed by atoms with Crippen molar-refractivity contribution in [2.45, 2.75) is 285 Å². The van der Waals surface area contributed by atoms with Gasteiger partial charge in [0.15, 0.2) is 5.78 Å². The number of rotatable bonds is 23. The summed E-state index contributed by atoms with van der Waals surface area (Å²) in [5.74, 6) is -8.66. The molecule has 12 nitrogen and oxygen atoms in total. The number of fused-ring (bicyclic) bond motifs is 3. The normalized spacial score (nSPS) is 13.0. The van der Waals surface area contributed by atoms with E-state index in [1.807, 2.05) is 100 Å². The molecule has 0 fully saturated rings. The third-order valence-corrected chi connectivity index (χ3v) is 21.7. The monoisotopic (exact) mass is 2220 g/mol. The largest absolute Gasteiger partial charge is 1.00 e. The van der Waals surface area contributed by atoms with Crippen LogP contribution in [-0.2, 0) is 110 Å². The quantitative estimate of drug-likeness (QED) is 0.00905. The maximum Gasteiger partial charge on any atom is 1.00 e. The molecule has 0 saturated carbocycles. The van der Waals surface area contributed by atoms with Gasteiger partial charge in [-0.3, -0.25) is 19.2 Å². The molecule has 2 unspecified atom stereocenters. The molecule has 0 spiro atoms. The summed E-state index contributed by atoms with van der Waals surface area (Å²) in [6.45, 7) is 34.7. The number of ketones is 1. The molecule has 2 atom stereocenters. The van der Waals surface area contributed by atoms with E-state index in [-0.39, 0.29) is 148 Å². The van der Waals surface area contributed by atoms with Gasteiger partial charge in [0.05, 0.1) is 5.56 Å². The summed E-state index contributed by atoms with van der Waals surface area (Å²) in [6.07, 6.45) is 22.5. The molecule has 9 aromatic carbocycles. The summed E-state index contributed by atoms with van der Waals surface area (Å²) >= 11 is 24.5. The summed E-state index contributed by atoms with van der Waals surface area (Å²) in [6, 6.07) is 39.3. The molecule has 31 heteroatoms. The van der Waals surface area contributed by atoms with Gasteiger partial charge in [-0.25, -0.2) is 62.3 Å². The Labute approximate surface area is 889 Å². The molecule has 0 saturated heterocycles. The van der Waals surface area contributed by atoms with Gasteiger partial charge in [0.2, 0.25) is 0 Å². The number of carbonyl (C=O) groups is 6. The second-order valence-electron chi connectivity index (χ2n) is 34.3. The SMILES string of the molecule is C.C.C=CC(=O)OC(C)(C)C.CC(=O)O.CC(=O)O.CC(C)(C)OC(=O)C=CCc1cc(F)ccc1F.CC1(Cc2ccc(Cl)cc2)CCCc2c(F)ccc(F)c21.CCCCN(CCCC)CCCC.Fc1ccc(F)c(CBr)c1.Fc1ccc(F)c2c1CCCC2Cc1ccc(Cl)cc1.O=C(O)CCCc1cc(F)ccc1F.O=C1CCCc2c(F)ccc(F)c21.Sc1ccc(Cl)cc1.[CH2-]CCC.[Li+].[Pd]. The van der Waals surface area contributed by atoms with E-state index in [9.17, 15) is 71.9 Å². The third-order valence-electron chi connectivity index (χ3n) is 20.1. The summed E-state index contributed by atoms with van der Waals surface area (Å²) in [5, 5.41) is 25.7. The van der Waals surface area contributed by atoms with Gasteiger partial charge >= 0.3 is 36.8 Å². The van der Waals surface area contributed by atoms with Gasteiger partial charge in [0.1, 0.15) is 81.0 Å². The van der Waals surface area contributed by atoms with Crippen molar-refractivity contribution in [3.05, 3.63) is 342 Å². The second-order valence-corrected chi connectivity index (χ2v) is 36.7. The molecule has 12 rings (SSSR count). The number of esters is 2. The standard InChI is InChI=1S/C18H17ClF2.C17H15ClF2.C14H16F2O2.C12H27N.C10H10F2O2.C10H8F2O.C7H5BrF2.C7H12O2.C6H5ClS.C4H9.2C2H4O2.2CH4.Li.Pd/c1-18(11-12-4-6-13(19)7-5-12)10-2-3-14-15(20)8-9-16(21)17(14)18;18-13-6-4-11(5-7-13)10-12-2-1-3-14-15(19)8-9-16(20)17(12)14;1-14(2,3)18-13(17)6-4-5-10-9-11(15)7-8-12(10)16;1-4-7-10-13(11-8-5-2)12-9-6-3;11-8-4-5-9(12)7(6-8)2-1-3-10(13)14;11-7-4-5-8(12)10-6(7)2-1-3-9(10)13;8-4-5-3-6(9)1-2-7(5)10;1-5-6(8)9-7(2,3)4;7-5-1-3-6(8)4-2-5;1-3-4-2;2*1-2(3)4;;;;/h4-9H,2-3,10-11H2,1H3;4-9,12H,1-3,10H2;4,6-9H,5H2,1-3H3;4-12H2,1-3H3;4-6H,1-3H2,(H,13,14);4-5H,1-3H2;1-3H,4H2;5H,1H2,2-4H3;1-4,8H;1,3-4H2,2H3;2*1H3,(H,3,4);2*1H4;;/q;;;;;;;;;-1;;;;;+1;. The molecule has 0 heterocycles. The molecule has 784 valence electrons. The van der Waals surface area contributed by atoms with Gasteiger partial charge in [0, 0.05) is 101 Å². The van der Waals surface area contributed by atoms with Crippen LogP contribution in [0.2, 0.25) is 15.1 Å². The Morgan fingerprint density at radius 1 is 0.521 bits per heavy atom. The first-order valence-corrected chi connectivity index (χ1v) is 48.3. The van der Waals surface area contributed by atoms with E-state index < -0.39 is 75.8 Å². The predicted octanol–water partition coefficient (Wildman–Crippen LogP) is 29.8. The van der Waals surface area contributed by atoms with Gasteiger partial charge in [-0.1, -0.05) is 163 Å². The smallest absolute Gasteiger partial charge is 0.481 e. The zero-order chi connectivity index (χ0) is 104. The molecule has 0 bridgehead atoms. The fraction of sp³-hybridized carbons (Fsp3) is 0.414. The number of allylic oxidation sites excluding steroid dienone is 1. The van der Waals surface area contributed by atoms with Crippen molar-refractivity contribution in [3.8, 4) is 0 Å². The van der Waals surface area contributed by atoms with Crippen molar-refractivity contribution >= 4 is 99.0 Å². The first-order chi connectivity index (χ1) is 64.9. The Morgan fingerprint density at radius 2 is 0.908 bits per heavy atom. The van der Waals surface area contributed by atoms with Gasteiger partial charge in [-0.05, 0) is 354 Å². The van der Waals surface area contributed by atoms with Crippen LogP contribution in [0.5, 0.6) is 0 Å². The summed E-state index contributed by atoms with van der Waals surface area (Å²) in [7, 11) is 0. The topological polar surface area (TPSA) is 185 Å². The number of alkyl halides is 1. The van der Waals surface area contributed by atoms with Crippen LogP contribution in [0, 0.1) is 76.7 Å². The van der Waals surface area contributed by atoms with Crippen LogP contribution in [0.15, 0.2) is 193 Å². The van der Waals surface area contributed by atoms with Gasteiger partial charge in [-0.2, -0.15) is 6.42 Å². The van der Waals surface area contributed by atoms with Crippen LogP contribution in [0.1, 0.15) is 280 Å².